The predicted octanol–water partition coefficient (Wildman–Crippen LogP) is 4.01. The summed E-state index contributed by atoms with van der Waals surface area (Å²) in [6.45, 7) is 5.58. The highest BCUT2D eigenvalue weighted by molar-refractivity contribution is 7.92. The summed E-state index contributed by atoms with van der Waals surface area (Å²) in [6.07, 6.45) is 1.75. The molecule has 0 aliphatic rings. The van der Waals surface area contributed by atoms with Gasteiger partial charge in [0.15, 0.2) is 0 Å². The van der Waals surface area contributed by atoms with Crippen LogP contribution in [0.1, 0.15) is 31.4 Å². The summed E-state index contributed by atoms with van der Waals surface area (Å²) in [6, 6.07) is 11.1. The molecule has 2 rings (SSSR count). The number of rotatable bonds is 10. The molecule has 0 saturated heterocycles. The van der Waals surface area contributed by atoms with Crippen molar-refractivity contribution in [3.8, 4) is 0 Å². The Hall–Kier alpha value is -2.29. The molecule has 0 aliphatic carbocycles. The number of anilines is 1. The lowest BCUT2D eigenvalue weighted by atomic mass is 10.1. The molecule has 2 aromatic rings. The van der Waals surface area contributed by atoms with Gasteiger partial charge in [0.2, 0.25) is 21.8 Å². The minimum absolute atomic E-state index is 0.0971. The van der Waals surface area contributed by atoms with Crippen LogP contribution in [0.25, 0.3) is 0 Å². The Morgan fingerprint density at radius 2 is 1.79 bits per heavy atom. The SMILES string of the molecule is CCCNC(=O)[C@@H](C)N(Cc1ccccc1C)C(=O)CN(c1ccc(Cl)cc1Cl)S(C)(=O)=O. The maximum atomic E-state index is 13.5. The summed E-state index contributed by atoms with van der Waals surface area (Å²) >= 11 is 12.2. The molecule has 0 radical (unpaired) electrons. The number of halogens is 2. The molecule has 0 aliphatic heterocycles. The Morgan fingerprint density at radius 3 is 2.36 bits per heavy atom. The van der Waals surface area contributed by atoms with E-state index < -0.39 is 28.5 Å². The summed E-state index contributed by atoms with van der Waals surface area (Å²) < 4.78 is 26.1. The zero-order chi connectivity index (χ0) is 24.8. The Bertz CT molecular complexity index is 1110. The molecule has 0 fully saturated rings. The van der Waals surface area contributed by atoms with Gasteiger partial charge in [0.1, 0.15) is 12.6 Å². The summed E-state index contributed by atoms with van der Waals surface area (Å²) in [5.74, 6) is -0.844. The van der Waals surface area contributed by atoms with Gasteiger partial charge >= 0.3 is 0 Å². The number of nitrogens with zero attached hydrogens (tertiary/aromatic N) is 2. The predicted molar refractivity (Wildman–Crippen MR) is 133 cm³/mol. The molecule has 2 aromatic carbocycles. The van der Waals surface area contributed by atoms with Crippen LogP contribution < -0.4 is 9.62 Å². The van der Waals surface area contributed by atoms with Crippen LogP contribution in [0.3, 0.4) is 0 Å². The minimum Gasteiger partial charge on any atom is -0.354 e. The number of benzene rings is 2. The average molecular weight is 514 g/mol. The Kier molecular flexibility index (Phi) is 9.57. The Balaban J connectivity index is 2.42. The van der Waals surface area contributed by atoms with E-state index >= 15 is 0 Å². The van der Waals surface area contributed by atoms with Crippen molar-refractivity contribution in [2.75, 3.05) is 23.7 Å². The van der Waals surface area contributed by atoms with Gasteiger partial charge in [-0.2, -0.15) is 0 Å². The van der Waals surface area contributed by atoms with Gasteiger partial charge in [-0.3, -0.25) is 13.9 Å². The quantitative estimate of drug-likeness (QED) is 0.519. The van der Waals surface area contributed by atoms with Crippen LogP contribution in [0.15, 0.2) is 42.5 Å². The first-order valence-electron chi connectivity index (χ1n) is 10.5. The van der Waals surface area contributed by atoms with Crippen LogP contribution in [-0.4, -0.2) is 50.5 Å². The molecule has 1 atom stereocenters. The van der Waals surface area contributed by atoms with Gasteiger partial charge in [0, 0.05) is 18.1 Å². The third-order valence-corrected chi connectivity index (χ3v) is 6.84. The van der Waals surface area contributed by atoms with Gasteiger partial charge in [0.05, 0.1) is 17.0 Å². The van der Waals surface area contributed by atoms with Crippen molar-refractivity contribution < 1.29 is 18.0 Å². The van der Waals surface area contributed by atoms with Crippen molar-refractivity contribution in [1.82, 2.24) is 10.2 Å². The van der Waals surface area contributed by atoms with E-state index in [1.165, 1.54) is 23.1 Å². The fourth-order valence-electron chi connectivity index (χ4n) is 3.23. The number of sulfonamides is 1. The maximum absolute atomic E-state index is 13.5. The minimum atomic E-state index is -3.87. The highest BCUT2D eigenvalue weighted by atomic mass is 35.5. The number of hydrogen-bond donors (Lipinski definition) is 1. The van der Waals surface area contributed by atoms with Crippen molar-refractivity contribution in [3.05, 3.63) is 63.6 Å². The molecule has 1 N–H and O–H groups in total. The van der Waals surface area contributed by atoms with E-state index in [4.69, 9.17) is 23.2 Å². The van der Waals surface area contributed by atoms with Gasteiger partial charge in [-0.15, -0.1) is 0 Å². The smallest absolute Gasteiger partial charge is 0.244 e. The molecule has 180 valence electrons. The first-order valence-corrected chi connectivity index (χ1v) is 13.1. The second-order valence-corrected chi connectivity index (χ2v) is 10.5. The highest BCUT2D eigenvalue weighted by Gasteiger charge is 2.30. The fourth-order valence-corrected chi connectivity index (χ4v) is 4.65. The normalized spacial score (nSPS) is 12.2. The standard InChI is InChI=1S/C23H29Cl2N3O4S/c1-5-12-26-23(30)17(3)27(14-18-9-7-6-8-16(18)2)22(29)15-28(33(4,31)32)21-11-10-19(24)13-20(21)25/h6-11,13,17H,5,12,14-15H2,1-4H3,(H,26,30)/t17-/m1/s1. The highest BCUT2D eigenvalue weighted by Crippen LogP contribution is 2.30. The third kappa shape index (κ3) is 7.35. The topological polar surface area (TPSA) is 86.8 Å². The second kappa shape index (κ2) is 11.7. The van der Waals surface area contributed by atoms with E-state index in [1.807, 2.05) is 38.1 Å². The van der Waals surface area contributed by atoms with Crippen LogP contribution in [0, 0.1) is 6.92 Å². The number of hydrogen-bond acceptors (Lipinski definition) is 4. The summed E-state index contributed by atoms with van der Waals surface area (Å²) in [5, 5.41) is 3.23. The van der Waals surface area contributed by atoms with E-state index in [9.17, 15) is 18.0 Å². The van der Waals surface area contributed by atoms with E-state index in [2.05, 4.69) is 5.32 Å². The fraction of sp³-hybridized carbons (Fsp3) is 0.391. The van der Waals surface area contributed by atoms with Gasteiger partial charge in [0.25, 0.3) is 0 Å². The molecule has 0 aromatic heterocycles. The van der Waals surface area contributed by atoms with Gasteiger partial charge in [-0.25, -0.2) is 8.42 Å². The molecule has 0 heterocycles. The number of carbonyl (C=O) groups excluding carboxylic acids is 2. The molecule has 0 bridgehead atoms. The number of aryl methyl sites for hydroxylation is 1. The average Bonchev–Trinajstić information content (AvgIpc) is 2.74. The molecule has 0 unspecified atom stereocenters. The maximum Gasteiger partial charge on any atom is 0.244 e. The molecule has 10 heteroatoms. The van der Waals surface area contributed by atoms with Gasteiger partial charge in [-0.1, -0.05) is 54.4 Å². The van der Waals surface area contributed by atoms with Crippen molar-refractivity contribution in [1.29, 1.82) is 0 Å². The Labute approximate surface area is 205 Å². The largest absolute Gasteiger partial charge is 0.354 e. The molecule has 7 nitrogen and oxygen atoms in total. The van der Waals surface area contributed by atoms with Crippen LogP contribution in [0.4, 0.5) is 5.69 Å². The number of carbonyl (C=O) groups is 2. The van der Waals surface area contributed by atoms with E-state index in [1.54, 1.807) is 6.92 Å². The zero-order valence-corrected chi connectivity index (χ0v) is 21.5. The zero-order valence-electron chi connectivity index (χ0n) is 19.1. The van der Waals surface area contributed by atoms with Gasteiger partial charge < -0.3 is 10.2 Å². The van der Waals surface area contributed by atoms with Crippen molar-refractivity contribution >= 4 is 50.7 Å². The van der Waals surface area contributed by atoms with Crippen molar-refractivity contribution in [2.24, 2.45) is 0 Å². The molecular weight excluding hydrogens is 485 g/mol. The molecular formula is C23H29Cl2N3O4S. The van der Waals surface area contributed by atoms with Gasteiger partial charge in [-0.05, 0) is 49.6 Å². The van der Waals surface area contributed by atoms with E-state index in [0.29, 0.717) is 11.6 Å². The summed E-state index contributed by atoms with van der Waals surface area (Å²) in [5.41, 5.74) is 1.95. The van der Waals surface area contributed by atoms with Crippen molar-refractivity contribution in [3.63, 3.8) is 0 Å². The second-order valence-electron chi connectivity index (χ2n) is 7.78. The lowest BCUT2D eigenvalue weighted by molar-refractivity contribution is -0.139. The van der Waals surface area contributed by atoms with Crippen LogP contribution >= 0.6 is 23.2 Å². The molecule has 2 amide bonds. The molecule has 33 heavy (non-hydrogen) atoms. The van der Waals surface area contributed by atoms with Crippen LogP contribution in [0.2, 0.25) is 10.0 Å². The molecule has 0 saturated carbocycles. The molecule has 0 spiro atoms. The van der Waals surface area contributed by atoms with E-state index in [-0.39, 0.29) is 23.2 Å². The number of amides is 2. The van der Waals surface area contributed by atoms with Crippen molar-refractivity contribution in [2.45, 2.75) is 39.8 Å². The first kappa shape index (κ1) is 27.0. The monoisotopic (exact) mass is 513 g/mol. The van der Waals surface area contributed by atoms with Crippen LogP contribution in [-0.2, 0) is 26.2 Å². The number of nitrogens with one attached hydrogen (secondary N) is 1. The Morgan fingerprint density at radius 1 is 1.12 bits per heavy atom. The third-order valence-electron chi connectivity index (χ3n) is 5.18. The summed E-state index contributed by atoms with van der Waals surface area (Å²) in [7, 11) is -3.87. The lowest BCUT2D eigenvalue weighted by Crippen LogP contribution is -2.51. The van der Waals surface area contributed by atoms with E-state index in [0.717, 1.165) is 28.1 Å². The lowest BCUT2D eigenvalue weighted by Gasteiger charge is -2.32. The van der Waals surface area contributed by atoms with Crippen LogP contribution in [0.5, 0.6) is 0 Å². The summed E-state index contributed by atoms with van der Waals surface area (Å²) in [4.78, 5) is 27.5. The first-order chi connectivity index (χ1) is 15.5.